The summed E-state index contributed by atoms with van der Waals surface area (Å²) < 4.78 is 21.2. The van der Waals surface area contributed by atoms with Crippen molar-refractivity contribution in [2.45, 2.75) is 52.1 Å². The molecule has 6 nitrogen and oxygen atoms in total. The second-order valence-electron chi connectivity index (χ2n) is 6.21. The van der Waals surface area contributed by atoms with Crippen LogP contribution in [0.4, 0.5) is 4.39 Å². The molecule has 0 aliphatic heterocycles. The molecule has 27 heavy (non-hydrogen) atoms. The lowest BCUT2D eigenvalue weighted by atomic mass is 10.2. The van der Waals surface area contributed by atoms with Crippen molar-refractivity contribution in [3.63, 3.8) is 0 Å². The summed E-state index contributed by atoms with van der Waals surface area (Å²) in [6.07, 6.45) is 2.88. The van der Waals surface area contributed by atoms with Gasteiger partial charge in [-0.25, -0.2) is 9.18 Å². The molecule has 1 aromatic heterocycles. The molecule has 0 aliphatic rings. The number of fused-ring (bicyclic) bond motifs is 1. The number of unbranched alkanes of at least 4 members (excludes halogenated alkanes) is 2. The third-order valence-corrected chi connectivity index (χ3v) is 4.83. The van der Waals surface area contributed by atoms with Gasteiger partial charge in [0.2, 0.25) is 0 Å². The molecule has 0 radical (unpaired) electrons. The van der Waals surface area contributed by atoms with Crippen LogP contribution in [0.25, 0.3) is 10.9 Å². The molecule has 0 atom stereocenters. The highest BCUT2D eigenvalue weighted by molar-refractivity contribution is 9.09. The van der Waals surface area contributed by atoms with Gasteiger partial charge in [-0.3, -0.25) is 18.7 Å². The Kier molecular flexibility index (Phi) is 8.22. The van der Waals surface area contributed by atoms with Crippen molar-refractivity contribution in [3.05, 3.63) is 44.9 Å². The number of aryl methyl sites for hydroxylation is 1. The molecular weight excluding hydrogens is 419 g/mol. The summed E-state index contributed by atoms with van der Waals surface area (Å²) >= 11 is 3.36. The van der Waals surface area contributed by atoms with Gasteiger partial charge in [-0.15, -0.1) is 0 Å². The van der Waals surface area contributed by atoms with E-state index < -0.39 is 17.1 Å². The zero-order valence-electron chi connectivity index (χ0n) is 15.4. The average molecular weight is 443 g/mol. The third kappa shape index (κ3) is 5.51. The van der Waals surface area contributed by atoms with E-state index in [1.807, 2.05) is 0 Å². The van der Waals surface area contributed by atoms with Crippen LogP contribution in [-0.2, 0) is 22.6 Å². The van der Waals surface area contributed by atoms with Gasteiger partial charge < -0.3 is 4.74 Å². The van der Waals surface area contributed by atoms with Crippen LogP contribution < -0.4 is 11.2 Å². The molecule has 8 heteroatoms. The molecule has 0 bridgehead atoms. The molecule has 1 heterocycles. The van der Waals surface area contributed by atoms with Crippen LogP contribution in [0.3, 0.4) is 0 Å². The fourth-order valence-electron chi connectivity index (χ4n) is 2.95. The lowest BCUT2D eigenvalue weighted by molar-refractivity contribution is -0.143. The van der Waals surface area contributed by atoms with E-state index in [-0.39, 0.29) is 24.3 Å². The molecule has 0 saturated heterocycles. The summed E-state index contributed by atoms with van der Waals surface area (Å²) in [6, 6.07) is 3.91. The maximum atomic E-state index is 13.7. The fraction of sp³-hybridized carbons (Fsp3) is 0.526. The van der Waals surface area contributed by atoms with Crippen molar-refractivity contribution in [1.82, 2.24) is 9.13 Å². The van der Waals surface area contributed by atoms with Gasteiger partial charge in [0, 0.05) is 24.8 Å². The van der Waals surface area contributed by atoms with E-state index in [0.29, 0.717) is 31.5 Å². The van der Waals surface area contributed by atoms with Gasteiger partial charge in [-0.2, -0.15) is 0 Å². The molecule has 2 aromatic rings. The van der Waals surface area contributed by atoms with E-state index >= 15 is 0 Å². The van der Waals surface area contributed by atoms with Gasteiger partial charge in [0.25, 0.3) is 5.56 Å². The Morgan fingerprint density at radius 3 is 2.52 bits per heavy atom. The van der Waals surface area contributed by atoms with Crippen molar-refractivity contribution in [2.24, 2.45) is 0 Å². The summed E-state index contributed by atoms with van der Waals surface area (Å²) in [6.45, 7) is 2.70. The first kappa shape index (κ1) is 21.3. The quantitative estimate of drug-likeness (QED) is 0.321. The van der Waals surface area contributed by atoms with Gasteiger partial charge in [0.05, 0.1) is 17.5 Å². The Balaban J connectivity index is 2.30. The molecule has 0 N–H and O–H groups in total. The van der Waals surface area contributed by atoms with Crippen LogP contribution in [0.5, 0.6) is 0 Å². The molecule has 0 spiro atoms. The Hall–Kier alpha value is -1.96. The Bertz CT molecular complexity index is 907. The molecule has 0 fully saturated rings. The summed E-state index contributed by atoms with van der Waals surface area (Å²) in [7, 11) is 0. The van der Waals surface area contributed by atoms with Crippen LogP contribution in [0.2, 0.25) is 0 Å². The second-order valence-corrected chi connectivity index (χ2v) is 7.00. The third-order valence-electron chi connectivity index (χ3n) is 4.27. The largest absolute Gasteiger partial charge is 0.466 e. The number of benzene rings is 1. The predicted molar refractivity (Wildman–Crippen MR) is 106 cm³/mol. The first-order valence-corrected chi connectivity index (χ1v) is 10.3. The number of esters is 1. The minimum atomic E-state index is -0.515. The molecular formula is C19H24BrFN2O4. The Morgan fingerprint density at radius 1 is 1.11 bits per heavy atom. The molecule has 148 valence electrons. The number of hydrogen-bond donors (Lipinski definition) is 0. The van der Waals surface area contributed by atoms with Crippen LogP contribution in [0.15, 0.2) is 27.8 Å². The fourth-order valence-corrected chi connectivity index (χ4v) is 3.34. The maximum Gasteiger partial charge on any atom is 0.331 e. The molecule has 0 amide bonds. The number of aromatic nitrogens is 2. The first-order valence-electron chi connectivity index (χ1n) is 9.14. The minimum Gasteiger partial charge on any atom is -0.466 e. The van der Waals surface area contributed by atoms with Crippen LogP contribution in [-0.4, -0.2) is 27.0 Å². The summed E-state index contributed by atoms with van der Waals surface area (Å²) in [4.78, 5) is 36.9. The lowest BCUT2D eigenvalue weighted by Crippen LogP contribution is -2.40. The van der Waals surface area contributed by atoms with E-state index in [1.54, 1.807) is 6.92 Å². The van der Waals surface area contributed by atoms with Crippen LogP contribution in [0.1, 0.15) is 39.0 Å². The minimum absolute atomic E-state index is 0.183. The standard InChI is InChI=1S/C19H24BrFN2O4/c1-2-27-17(24)7-3-5-12-23-18(25)15-13-14(21)8-9-16(15)22(19(23)26)11-6-4-10-20/h8-9,13H,2-7,10-12H2,1H3. The molecule has 0 saturated carbocycles. The highest BCUT2D eigenvalue weighted by Gasteiger charge is 2.14. The van der Waals surface area contributed by atoms with E-state index in [1.165, 1.54) is 22.8 Å². The summed E-state index contributed by atoms with van der Waals surface area (Å²) in [5.41, 5.74) is -0.448. The van der Waals surface area contributed by atoms with E-state index in [9.17, 15) is 18.8 Å². The monoisotopic (exact) mass is 442 g/mol. The van der Waals surface area contributed by atoms with E-state index in [4.69, 9.17) is 4.74 Å². The second kappa shape index (κ2) is 10.4. The highest BCUT2D eigenvalue weighted by atomic mass is 79.9. The average Bonchev–Trinajstić information content (AvgIpc) is 2.64. The van der Waals surface area contributed by atoms with E-state index in [2.05, 4.69) is 15.9 Å². The van der Waals surface area contributed by atoms with Gasteiger partial charge >= 0.3 is 11.7 Å². The van der Waals surface area contributed by atoms with Crippen molar-refractivity contribution in [1.29, 1.82) is 0 Å². The number of alkyl halides is 1. The maximum absolute atomic E-state index is 13.7. The highest BCUT2D eigenvalue weighted by Crippen LogP contribution is 2.12. The zero-order valence-corrected chi connectivity index (χ0v) is 17.0. The number of carbonyl (C=O) groups is 1. The van der Waals surface area contributed by atoms with Crippen molar-refractivity contribution in [2.75, 3.05) is 11.9 Å². The number of halogens is 2. The molecule has 2 rings (SSSR count). The molecule has 1 aromatic carbocycles. The van der Waals surface area contributed by atoms with Crippen molar-refractivity contribution >= 4 is 32.8 Å². The number of rotatable bonds is 10. The van der Waals surface area contributed by atoms with Crippen LogP contribution >= 0.6 is 15.9 Å². The van der Waals surface area contributed by atoms with Gasteiger partial charge in [-0.05, 0) is 50.8 Å². The van der Waals surface area contributed by atoms with Crippen molar-refractivity contribution < 1.29 is 13.9 Å². The normalized spacial score (nSPS) is 11.1. The van der Waals surface area contributed by atoms with E-state index in [0.717, 1.165) is 22.7 Å². The number of nitrogens with zero attached hydrogens (tertiary/aromatic N) is 2. The summed E-state index contributed by atoms with van der Waals surface area (Å²) in [5, 5.41) is 1.01. The predicted octanol–water partition coefficient (Wildman–Crippen LogP) is 3.21. The Labute approximate surface area is 165 Å². The topological polar surface area (TPSA) is 70.3 Å². The van der Waals surface area contributed by atoms with Crippen molar-refractivity contribution in [3.8, 4) is 0 Å². The lowest BCUT2D eigenvalue weighted by Gasteiger charge is -2.14. The SMILES string of the molecule is CCOC(=O)CCCCn1c(=O)c2cc(F)ccc2n(CCCCBr)c1=O. The number of carbonyl (C=O) groups excluding carboxylic acids is 1. The first-order chi connectivity index (χ1) is 13.0. The zero-order chi connectivity index (χ0) is 19.8. The number of ether oxygens (including phenoxy) is 1. The molecule has 0 unspecified atom stereocenters. The summed E-state index contributed by atoms with van der Waals surface area (Å²) in [5.74, 6) is -0.809. The van der Waals surface area contributed by atoms with Gasteiger partial charge in [0.15, 0.2) is 0 Å². The van der Waals surface area contributed by atoms with Gasteiger partial charge in [-0.1, -0.05) is 15.9 Å². The van der Waals surface area contributed by atoms with Gasteiger partial charge in [0.1, 0.15) is 5.82 Å². The number of hydrogen-bond acceptors (Lipinski definition) is 4. The van der Waals surface area contributed by atoms with Crippen LogP contribution in [0, 0.1) is 5.82 Å². The smallest absolute Gasteiger partial charge is 0.331 e. The Morgan fingerprint density at radius 2 is 1.81 bits per heavy atom. The molecule has 0 aliphatic carbocycles.